The molecule has 4 rings (SSSR count). The number of hydrogen-bond donors (Lipinski definition) is 1. The number of hydrogen-bond acceptors (Lipinski definition) is 4. The summed E-state index contributed by atoms with van der Waals surface area (Å²) in [5.74, 6) is -1.20. The monoisotopic (exact) mass is 373 g/mol. The van der Waals surface area contributed by atoms with Crippen LogP contribution >= 0.6 is 0 Å². The van der Waals surface area contributed by atoms with Gasteiger partial charge in [0.25, 0.3) is 0 Å². The predicted molar refractivity (Wildman–Crippen MR) is 97.8 cm³/mol. The highest BCUT2D eigenvalue weighted by Gasteiger charge is 2.47. The van der Waals surface area contributed by atoms with Crippen LogP contribution in [0.3, 0.4) is 0 Å². The van der Waals surface area contributed by atoms with Gasteiger partial charge in [0.2, 0.25) is 5.91 Å². The first-order valence-corrected chi connectivity index (χ1v) is 9.14. The van der Waals surface area contributed by atoms with Gasteiger partial charge in [-0.15, -0.1) is 0 Å². The SMILES string of the molecule is O=C(Nc1ccc(N2CCOCC2)cn1)C1(c2ccc(F)cc2F)CCC1. The Morgan fingerprint density at radius 3 is 2.52 bits per heavy atom. The normalized spacial score (nSPS) is 18.7. The van der Waals surface area contributed by atoms with E-state index in [-0.39, 0.29) is 11.5 Å². The topological polar surface area (TPSA) is 54.5 Å². The molecule has 1 amide bonds. The summed E-state index contributed by atoms with van der Waals surface area (Å²) in [5.41, 5.74) is 0.263. The predicted octanol–water partition coefficient (Wildman–Crippen LogP) is 3.26. The average molecular weight is 373 g/mol. The molecule has 0 bridgehead atoms. The van der Waals surface area contributed by atoms with E-state index in [2.05, 4.69) is 15.2 Å². The van der Waals surface area contributed by atoms with Crippen LogP contribution in [0.4, 0.5) is 20.3 Å². The first kappa shape index (κ1) is 17.9. The van der Waals surface area contributed by atoms with E-state index in [1.807, 2.05) is 6.07 Å². The van der Waals surface area contributed by atoms with Crippen molar-refractivity contribution in [1.29, 1.82) is 0 Å². The Morgan fingerprint density at radius 1 is 1.15 bits per heavy atom. The van der Waals surface area contributed by atoms with E-state index < -0.39 is 17.0 Å². The Bertz CT molecular complexity index is 832. The molecule has 1 aromatic heterocycles. The maximum absolute atomic E-state index is 14.3. The number of morpholine rings is 1. The number of nitrogens with one attached hydrogen (secondary N) is 1. The molecule has 2 fully saturated rings. The first-order valence-electron chi connectivity index (χ1n) is 9.14. The molecule has 27 heavy (non-hydrogen) atoms. The van der Waals surface area contributed by atoms with Crippen molar-refractivity contribution in [3.05, 3.63) is 53.7 Å². The maximum atomic E-state index is 14.3. The molecule has 2 aromatic rings. The second-order valence-electron chi connectivity index (χ2n) is 7.02. The second kappa shape index (κ2) is 7.23. The van der Waals surface area contributed by atoms with Gasteiger partial charge < -0.3 is 15.0 Å². The molecular weight excluding hydrogens is 352 g/mol. The van der Waals surface area contributed by atoms with Gasteiger partial charge in [0, 0.05) is 24.7 Å². The molecule has 1 aromatic carbocycles. The number of benzene rings is 1. The number of ether oxygens (including phenoxy) is 1. The highest BCUT2D eigenvalue weighted by molar-refractivity contribution is 5.99. The second-order valence-corrected chi connectivity index (χ2v) is 7.02. The fourth-order valence-electron chi connectivity index (χ4n) is 3.73. The fraction of sp³-hybridized carbons (Fsp3) is 0.400. The third-order valence-corrected chi connectivity index (χ3v) is 5.45. The van der Waals surface area contributed by atoms with E-state index in [1.54, 1.807) is 12.3 Å². The van der Waals surface area contributed by atoms with Crippen molar-refractivity contribution in [2.24, 2.45) is 0 Å². The molecule has 2 heterocycles. The third-order valence-electron chi connectivity index (χ3n) is 5.45. The lowest BCUT2D eigenvalue weighted by atomic mass is 9.63. The molecule has 1 saturated carbocycles. The van der Waals surface area contributed by atoms with Gasteiger partial charge >= 0.3 is 0 Å². The third kappa shape index (κ3) is 3.39. The zero-order valence-electron chi connectivity index (χ0n) is 14.9. The van der Waals surface area contributed by atoms with E-state index >= 15 is 0 Å². The lowest BCUT2D eigenvalue weighted by molar-refractivity contribution is -0.124. The van der Waals surface area contributed by atoms with Gasteiger partial charge in [-0.3, -0.25) is 4.79 Å². The Morgan fingerprint density at radius 2 is 1.93 bits per heavy atom. The van der Waals surface area contributed by atoms with E-state index in [1.165, 1.54) is 12.1 Å². The molecule has 0 spiro atoms. The lowest BCUT2D eigenvalue weighted by Gasteiger charge is -2.40. The van der Waals surface area contributed by atoms with Crippen molar-refractivity contribution in [2.45, 2.75) is 24.7 Å². The van der Waals surface area contributed by atoms with E-state index in [0.717, 1.165) is 31.3 Å². The summed E-state index contributed by atoms with van der Waals surface area (Å²) < 4.78 is 32.8. The van der Waals surface area contributed by atoms with Crippen LogP contribution in [0.2, 0.25) is 0 Å². The van der Waals surface area contributed by atoms with E-state index in [4.69, 9.17) is 4.74 Å². The molecule has 5 nitrogen and oxygen atoms in total. The minimum absolute atomic E-state index is 0.248. The standard InChI is InChI=1S/C20H21F2N3O2/c21-14-2-4-16(17(22)12-14)20(6-1-7-20)19(26)24-18-5-3-15(13-23-18)25-8-10-27-11-9-25/h2-5,12-13H,1,6-11H2,(H,23,24,26). The van der Waals surface area contributed by atoms with Gasteiger partial charge in [0.1, 0.15) is 17.5 Å². The molecule has 0 radical (unpaired) electrons. The number of halogens is 2. The zero-order chi connectivity index (χ0) is 18.9. The smallest absolute Gasteiger partial charge is 0.236 e. The van der Waals surface area contributed by atoms with Crippen LogP contribution in [0.1, 0.15) is 24.8 Å². The van der Waals surface area contributed by atoms with Crippen LogP contribution in [0, 0.1) is 11.6 Å². The quantitative estimate of drug-likeness (QED) is 0.894. The Kier molecular flexibility index (Phi) is 4.78. The van der Waals surface area contributed by atoms with Crippen LogP contribution in [0.15, 0.2) is 36.5 Å². The number of carbonyl (C=O) groups is 1. The van der Waals surface area contributed by atoms with Crippen molar-refractivity contribution in [3.63, 3.8) is 0 Å². The van der Waals surface area contributed by atoms with Crippen molar-refractivity contribution in [1.82, 2.24) is 4.98 Å². The number of carbonyl (C=O) groups excluding carboxylic acids is 1. The summed E-state index contributed by atoms with van der Waals surface area (Å²) in [6.07, 6.45) is 3.61. The number of anilines is 2. The molecule has 0 unspecified atom stereocenters. The van der Waals surface area contributed by atoms with Crippen molar-refractivity contribution in [2.75, 3.05) is 36.5 Å². The Labute approximate surface area is 156 Å². The molecule has 142 valence electrons. The number of nitrogens with zero attached hydrogens (tertiary/aromatic N) is 2. The van der Waals surface area contributed by atoms with Gasteiger partial charge in [0.05, 0.1) is 30.5 Å². The van der Waals surface area contributed by atoms with Crippen molar-refractivity contribution in [3.8, 4) is 0 Å². The van der Waals surface area contributed by atoms with Crippen molar-refractivity contribution < 1.29 is 18.3 Å². The fourth-order valence-corrected chi connectivity index (χ4v) is 3.73. The Balaban J connectivity index is 1.50. The average Bonchev–Trinajstić information content (AvgIpc) is 2.64. The van der Waals surface area contributed by atoms with E-state index in [0.29, 0.717) is 31.9 Å². The number of amides is 1. The van der Waals surface area contributed by atoms with E-state index in [9.17, 15) is 13.6 Å². The largest absolute Gasteiger partial charge is 0.378 e. The number of rotatable bonds is 4. The highest BCUT2D eigenvalue weighted by Crippen LogP contribution is 2.45. The van der Waals surface area contributed by atoms with Crippen LogP contribution in [0.5, 0.6) is 0 Å². The summed E-state index contributed by atoms with van der Waals surface area (Å²) in [4.78, 5) is 19.4. The maximum Gasteiger partial charge on any atom is 0.236 e. The lowest BCUT2D eigenvalue weighted by Crippen LogP contribution is -2.46. The molecule has 1 saturated heterocycles. The molecule has 1 aliphatic heterocycles. The minimum atomic E-state index is -0.956. The van der Waals surface area contributed by atoms with Gasteiger partial charge in [-0.25, -0.2) is 13.8 Å². The molecule has 1 aliphatic carbocycles. The summed E-state index contributed by atoms with van der Waals surface area (Å²) in [5, 5.41) is 2.80. The number of pyridine rings is 1. The zero-order valence-corrected chi connectivity index (χ0v) is 14.9. The Hall–Kier alpha value is -2.54. The molecule has 1 N–H and O–H groups in total. The van der Waals surface area contributed by atoms with Crippen LogP contribution in [-0.4, -0.2) is 37.2 Å². The van der Waals surface area contributed by atoms with Gasteiger partial charge in [-0.1, -0.05) is 12.5 Å². The van der Waals surface area contributed by atoms with Gasteiger partial charge in [-0.2, -0.15) is 0 Å². The summed E-state index contributed by atoms with van der Waals surface area (Å²) >= 11 is 0. The molecule has 0 atom stereocenters. The number of aromatic nitrogens is 1. The molecular formula is C20H21F2N3O2. The summed E-state index contributed by atoms with van der Waals surface area (Å²) in [6.45, 7) is 2.98. The molecule has 2 aliphatic rings. The van der Waals surface area contributed by atoms with Crippen LogP contribution in [-0.2, 0) is 14.9 Å². The summed E-state index contributed by atoms with van der Waals surface area (Å²) in [7, 11) is 0. The summed E-state index contributed by atoms with van der Waals surface area (Å²) in [6, 6.07) is 7.05. The van der Waals surface area contributed by atoms with Crippen LogP contribution in [0.25, 0.3) is 0 Å². The van der Waals surface area contributed by atoms with Gasteiger partial charge in [0.15, 0.2) is 0 Å². The van der Waals surface area contributed by atoms with Gasteiger partial charge in [-0.05, 0) is 31.0 Å². The van der Waals surface area contributed by atoms with Crippen LogP contribution < -0.4 is 10.2 Å². The molecule has 7 heteroatoms. The minimum Gasteiger partial charge on any atom is -0.378 e. The van der Waals surface area contributed by atoms with Crippen molar-refractivity contribution >= 4 is 17.4 Å². The first-order chi connectivity index (χ1) is 13.1. The highest BCUT2D eigenvalue weighted by atomic mass is 19.1.